The molecule has 0 saturated carbocycles. The van der Waals surface area contributed by atoms with Crippen LogP contribution in [0.1, 0.15) is 36.1 Å². The molecule has 94 valence electrons. The fraction of sp³-hybridized carbons (Fsp3) is 0.462. The summed E-state index contributed by atoms with van der Waals surface area (Å²) in [6.07, 6.45) is -0.812. The van der Waals surface area contributed by atoms with Crippen molar-refractivity contribution in [2.24, 2.45) is 0 Å². The van der Waals surface area contributed by atoms with Gasteiger partial charge in [0.15, 0.2) is 0 Å². The molecule has 3 nitrogen and oxygen atoms in total. The molecular weight excluding hydrogens is 284 g/mol. The van der Waals surface area contributed by atoms with Gasteiger partial charge in [0.25, 0.3) is 0 Å². The molecule has 0 aromatic heterocycles. The van der Waals surface area contributed by atoms with Crippen LogP contribution in [0.4, 0.5) is 0 Å². The molecule has 1 rings (SSSR count). The lowest BCUT2D eigenvalue weighted by Crippen LogP contribution is -2.10. The van der Waals surface area contributed by atoms with Gasteiger partial charge >= 0.3 is 5.97 Å². The topological polar surface area (TPSA) is 46.5 Å². The minimum atomic E-state index is -0.806. The summed E-state index contributed by atoms with van der Waals surface area (Å²) in [7, 11) is 0. The number of hydrogen-bond acceptors (Lipinski definition) is 3. The van der Waals surface area contributed by atoms with Crippen molar-refractivity contribution in [3.8, 4) is 0 Å². The molecule has 0 spiro atoms. The van der Waals surface area contributed by atoms with E-state index in [1.807, 2.05) is 26.0 Å². The zero-order valence-corrected chi connectivity index (χ0v) is 11.9. The number of aliphatic hydroxyl groups is 1. The first-order chi connectivity index (χ1) is 7.95. The van der Waals surface area contributed by atoms with Crippen LogP contribution in [0.2, 0.25) is 0 Å². The third-order valence-corrected chi connectivity index (χ3v) is 3.76. The Labute approximate surface area is 110 Å². The van der Waals surface area contributed by atoms with Crippen molar-refractivity contribution < 1.29 is 14.6 Å². The summed E-state index contributed by atoms with van der Waals surface area (Å²) in [4.78, 5) is 11.3. The van der Waals surface area contributed by atoms with Crippen LogP contribution in [0.25, 0.3) is 0 Å². The number of aryl methyl sites for hydroxylation is 2. The first-order valence-electron chi connectivity index (χ1n) is 5.56. The predicted molar refractivity (Wildman–Crippen MR) is 69.8 cm³/mol. The van der Waals surface area contributed by atoms with Gasteiger partial charge in [0.05, 0.1) is 19.1 Å². The van der Waals surface area contributed by atoms with E-state index in [0.717, 1.165) is 21.2 Å². The van der Waals surface area contributed by atoms with E-state index in [-0.39, 0.29) is 12.4 Å². The molecule has 0 heterocycles. The summed E-state index contributed by atoms with van der Waals surface area (Å²) < 4.78 is 5.84. The van der Waals surface area contributed by atoms with Gasteiger partial charge < -0.3 is 9.84 Å². The van der Waals surface area contributed by atoms with Crippen LogP contribution in [0, 0.1) is 13.8 Å². The van der Waals surface area contributed by atoms with Crippen molar-refractivity contribution in [3.63, 3.8) is 0 Å². The number of carbonyl (C=O) groups excluding carboxylic acids is 1. The number of benzene rings is 1. The van der Waals surface area contributed by atoms with Gasteiger partial charge in [0, 0.05) is 4.47 Å². The molecule has 1 aromatic rings. The molecule has 1 unspecified atom stereocenters. The molecule has 0 aliphatic heterocycles. The van der Waals surface area contributed by atoms with Crippen molar-refractivity contribution in [1.29, 1.82) is 0 Å². The third kappa shape index (κ3) is 3.82. The predicted octanol–water partition coefficient (Wildman–Crippen LogP) is 3.05. The molecule has 0 bridgehead atoms. The van der Waals surface area contributed by atoms with E-state index >= 15 is 0 Å². The molecule has 1 atom stereocenters. The van der Waals surface area contributed by atoms with Crippen molar-refractivity contribution in [2.45, 2.75) is 33.3 Å². The van der Waals surface area contributed by atoms with Crippen LogP contribution < -0.4 is 0 Å². The number of carbonyl (C=O) groups is 1. The van der Waals surface area contributed by atoms with Gasteiger partial charge in [-0.05, 0) is 37.5 Å². The maximum atomic E-state index is 11.3. The number of esters is 1. The maximum absolute atomic E-state index is 11.3. The molecule has 1 N–H and O–H groups in total. The lowest BCUT2D eigenvalue weighted by atomic mass is 10.0. The Bertz CT molecular complexity index is 392. The second-order valence-corrected chi connectivity index (χ2v) is 4.79. The van der Waals surface area contributed by atoms with E-state index in [9.17, 15) is 9.90 Å². The first-order valence-corrected chi connectivity index (χ1v) is 6.35. The molecule has 1 aromatic carbocycles. The lowest BCUT2D eigenvalue weighted by molar-refractivity contribution is -0.145. The summed E-state index contributed by atoms with van der Waals surface area (Å²) in [5.74, 6) is -0.377. The van der Waals surface area contributed by atoms with E-state index in [4.69, 9.17) is 4.74 Å². The molecule has 0 aliphatic carbocycles. The van der Waals surface area contributed by atoms with Gasteiger partial charge in [-0.2, -0.15) is 0 Å². The number of rotatable bonds is 4. The van der Waals surface area contributed by atoms with Crippen molar-refractivity contribution in [1.82, 2.24) is 0 Å². The van der Waals surface area contributed by atoms with Crippen LogP contribution in [0.3, 0.4) is 0 Å². The number of halogens is 1. The standard InChI is InChI=1S/C13H17BrO3/c1-4-17-12(16)7-11(15)10-5-8(2)13(14)9(3)6-10/h5-6,11,15H,4,7H2,1-3H3. The second-order valence-electron chi connectivity index (χ2n) is 3.99. The normalized spacial score (nSPS) is 12.3. The monoisotopic (exact) mass is 300 g/mol. The van der Waals surface area contributed by atoms with E-state index < -0.39 is 6.10 Å². The van der Waals surface area contributed by atoms with Crippen LogP contribution in [0.5, 0.6) is 0 Å². The molecule has 0 aliphatic rings. The van der Waals surface area contributed by atoms with Crippen LogP contribution in [-0.2, 0) is 9.53 Å². The molecular formula is C13H17BrO3. The highest BCUT2D eigenvalue weighted by Gasteiger charge is 2.15. The van der Waals surface area contributed by atoms with Gasteiger partial charge in [-0.3, -0.25) is 4.79 Å². The fourth-order valence-corrected chi connectivity index (χ4v) is 1.90. The molecule has 4 heteroatoms. The molecule has 0 radical (unpaired) electrons. The maximum Gasteiger partial charge on any atom is 0.308 e. The molecule has 0 amide bonds. The Morgan fingerprint density at radius 3 is 2.41 bits per heavy atom. The Kier molecular flexibility index (Phi) is 5.15. The first kappa shape index (κ1) is 14.2. The summed E-state index contributed by atoms with van der Waals surface area (Å²) in [5, 5.41) is 9.94. The molecule has 17 heavy (non-hydrogen) atoms. The Morgan fingerprint density at radius 1 is 1.41 bits per heavy atom. The van der Waals surface area contributed by atoms with Crippen molar-refractivity contribution >= 4 is 21.9 Å². The number of aliphatic hydroxyl groups excluding tert-OH is 1. The third-order valence-electron chi connectivity index (χ3n) is 2.51. The van der Waals surface area contributed by atoms with E-state index in [1.165, 1.54) is 0 Å². The quantitative estimate of drug-likeness (QED) is 0.869. The molecule has 0 fully saturated rings. The van der Waals surface area contributed by atoms with Gasteiger partial charge in [-0.25, -0.2) is 0 Å². The van der Waals surface area contributed by atoms with Gasteiger partial charge in [0.1, 0.15) is 0 Å². The van der Waals surface area contributed by atoms with E-state index in [0.29, 0.717) is 6.61 Å². The highest BCUT2D eigenvalue weighted by atomic mass is 79.9. The zero-order chi connectivity index (χ0) is 13.0. The van der Waals surface area contributed by atoms with Crippen molar-refractivity contribution in [2.75, 3.05) is 6.61 Å². The van der Waals surface area contributed by atoms with Crippen LogP contribution in [0.15, 0.2) is 16.6 Å². The lowest BCUT2D eigenvalue weighted by Gasteiger charge is -2.13. The SMILES string of the molecule is CCOC(=O)CC(O)c1cc(C)c(Br)c(C)c1. The average molecular weight is 301 g/mol. The average Bonchev–Trinajstić information content (AvgIpc) is 2.25. The summed E-state index contributed by atoms with van der Waals surface area (Å²) >= 11 is 3.46. The highest BCUT2D eigenvalue weighted by molar-refractivity contribution is 9.10. The highest BCUT2D eigenvalue weighted by Crippen LogP contribution is 2.26. The summed E-state index contributed by atoms with van der Waals surface area (Å²) in [6, 6.07) is 3.75. The van der Waals surface area contributed by atoms with Crippen LogP contribution >= 0.6 is 15.9 Å². The Morgan fingerprint density at radius 2 is 1.94 bits per heavy atom. The number of hydrogen-bond donors (Lipinski definition) is 1. The minimum absolute atomic E-state index is 0.00560. The largest absolute Gasteiger partial charge is 0.466 e. The Hall–Kier alpha value is -0.870. The van der Waals surface area contributed by atoms with Gasteiger partial charge in [-0.15, -0.1) is 0 Å². The van der Waals surface area contributed by atoms with Crippen LogP contribution in [-0.4, -0.2) is 17.7 Å². The smallest absolute Gasteiger partial charge is 0.308 e. The van der Waals surface area contributed by atoms with E-state index in [2.05, 4.69) is 15.9 Å². The van der Waals surface area contributed by atoms with Gasteiger partial charge in [0.2, 0.25) is 0 Å². The van der Waals surface area contributed by atoms with Crippen molar-refractivity contribution in [3.05, 3.63) is 33.3 Å². The summed E-state index contributed by atoms with van der Waals surface area (Å²) in [6.45, 7) is 6.00. The minimum Gasteiger partial charge on any atom is -0.466 e. The second kappa shape index (κ2) is 6.17. The fourth-order valence-electron chi connectivity index (χ4n) is 1.67. The summed E-state index contributed by atoms with van der Waals surface area (Å²) in [5.41, 5.74) is 2.84. The molecule has 0 saturated heterocycles. The van der Waals surface area contributed by atoms with E-state index in [1.54, 1.807) is 6.92 Å². The number of ether oxygens (including phenoxy) is 1. The van der Waals surface area contributed by atoms with Gasteiger partial charge in [-0.1, -0.05) is 28.1 Å². The zero-order valence-electron chi connectivity index (χ0n) is 10.3. The Balaban J connectivity index is 2.82.